The molecule has 40 heavy (non-hydrogen) atoms. The number of nitrogens with zero attached hydrogens (tertiary/aromatic N) is 5. The number of rotatable bonds is 11. The summed E-state index contributed by atoms with van der Waals surface area (Å²) in [5, 5.41) is 23.6. The Hall–Kier alpha value is -5.07. The number of amides is 1. The van der Waals surface area contributed by atoms with Gasteiger partial charge in [0.2, 0.25) is 0 Å². The number of aromatic nitrogens is 4. The largest absolute Gasteiger partial charge is 0.508 e. The normalized spacial score (nSPS) is 12.3. The predicted octanol–water partition coefficient (Wildman–Crippen LogP) is 2.79. The van der Waals surface area contributed by atoms with Crippen LogP contribution < -0.4 is 16.8 Å². The monoisotopic (exact) mass is 541 g/mol. The van der Waals surface area contributed by atoms with Crippen LogP contribution in [0.15, 0.2) is 73.3 Å². The van der Waals surface area contributed by atoms with Gasteiger partial charge in [-0.3, -0.25) is 20.1 Å². The lowest BCUT2D eigenvalue weighted by molar-refractivity contribution is -0.128. The van der Waals surface area contributed by atoms with Crippen molar-refractivity contribution >= 4 is 23.7 Å². The third-order valence-electron chi connectivity index (χ3n) is 6.07. The van der Waals surface area contributed by atoms with Crippen LogP contribution in [0.5, 0.6) is 5.75 Å². The van der Waals surface area contributed by atoms with Crippen LogP contribution in [0.2, 0.25) is 0 Å². The number of phenols is 1. The summed E-state index contributed by atoms with van der Waals surface area (Å²) in [5.41, 5.74) is 17.4. The maximum atomic E-state index is 12.6. The first-order valence-electron chi connectivity index (χ1n) is 12.4. The molecule has 4 aromatic rings. The molecule has 0 fully saturated rings. The van der Waals surface area contributed by atoms with Gasteiger partial charge in [-0.1, -0.05) is 18.2 Å². The van der Waals surface area contributed by atoms with Crippen molar-refractivity contribution in [1.82, 2.24) is 29.8 Å². The molecule has 1 amide bonds. The Morgan fingerprint density at radius 1 is 1.20 bits per heavy atom. The number of hydrogen-bond donors (Lipinski definition) is 5. The minimum atomic E-state index is -1.06. The summed E-state index contributed by atoms with van der Waals surface area (Å²) >= 11 is 0. The van der Waals surface area contributed by atoms with Gasteiger partial charge in [0.25, 0.3) is 5.91 Å². The van der Waals surface area contributed by atoms with Crippen LogP contribution in [0.25, 0.3) is 28.0 Å². The fourth-order valence-electron chi connectivity index (χ4n) is 4.08. The summed E-state index contributed by atoms with van der Waals surface area (Å²) in [4.78, 5) is 23.4. The van der Waals surface area contributed by atoms with Crippen LogP contribution in [-0.4, -0.2) is 55.1 Å². The van der Waals surface area contributed by atoms with E-state index in [0.717, 1.165) is 28.7 Å². The van der Waals surface area contributed by atoms with Crippen molar-refractivity contribution in [3.63, 3.8) is 0 Å². The Morgan fingerprint density at radius 3 is 2.60 bits per heavy atom. The molecule has 1 unspecified atom stereocenters. The van der Waals surface area contributed by atoms with Crippen molar-refractivity contribution in [2.24, 2.45) is 5.73 Å². The number of carbonyl (C=O) groups excluding carboxylic acids is 1. The third-order valence-corrected chi connectivity index (χ3v) is 6.07. The zero-order valence-corrected chi connectivity index (χ0v) is 22.2. The SMILES string of the molecule is C/C=C\N(/C=C\Cc1nc2c(-c3ccc(-c4ccc(O)cc4)nc3)cnn2c(N)c1COC)C(=O)C(N)NC=N. The molecule has 1 aromatic carbocycles. The molecule has 0 aliphatic carbocycles. The fraction of sp³-hybridized carbons (Fsp3) is 0.179. The second-order valence-corrected chi connectivity index (χ2v) is 8.73. The minimum absolute atomic E-state index is 0.193. The smallest absolute Gasteiger partial charge is 0.267 e. The Balaban J connectivity index is 1.67. The van der Waals surface area contributed by atoms with E-state index >= 15 is 0 Å². The number of methoxy groups -OCH3 is 1. The first kappa shape index (κ1) is 28.0. The van der Waals surface area contributed by atoms with Crippen LogP contribution in [0.1, 0.15) is 18.2 Å². The predicted molar refractivity (Wildman–Crippen MR) is 153 cm³/mol. The number of benzene rings is 1. The molecular formula is C28H31N9O3. The van der Waals surface area contributed by atoms with Gasteiger partial charge in [0.15, 0.2) is 11.8 Å². The van der Waals surface area contributed by atoms with Gasteiger partial charge in [-0.05, 0) is 37.3 Å². The number of carbonyl (C=O) groups is 1. The molecular weight excluding hydrogens is 510 g/mol. The highest BCUT2D eigenvalue weighted by molar-refractivity contribution is 5.85. The van der Waals surface area contributed by atoms with Crippen molar-refractivity contribution in [3.05, 3.63) is 84.6 Å². The number of pyridine rings is 1. The molecule has 0 bridgehead atoms. The number of nitrogens with two attached hydrogens (primary N) is 2. The average molecular weight is 542 g/mol. The number of nitrogen functional groups attached to an aromatic ring is 1. The zero-order chi connectivity index (χ0) is 28.6. The average Bonchev–Trinajstić information content (AvgIpc) is 3.39. The third kappa shape index (κ3) is 5.98. The maximum Gasteiger partial charge on any atom is 0.267 e. The van der Waals surface area contributed by atoms with Gasteiger partial charge in [0.1, 0.15) is 11.6 Å². The van der Waals surface area contributed by atoms with E-state index in [0.29, 0.717) is 29.1 Å². The quantitative estimate of drug-likeness (QED) is 0.108. The van der Waals surface area contributed by atoms with Gasteiger partial charge >= 0.3 is 0 Å². The molecule has 3 aromatic heterocycles. The summed E-state index contributed by atoms with van der Waals surface area (Å²) < 4.78 is 6.95. The molecule has 206 valence electrons. The van der Waals surface area contributed by atoms with Crippen molar-refractivity contribution in [1.29, 1.82) is 5.41 Å². The summed E-state index contributed by atoms with van der Waals surface area (Å²) in [5.74, 6) is 0.159. The number of allylic oxidation sites excluding steroid dienone is 2. The molecule has 7 N–H and O–H groups in total. The van der Waals surface area contributed by atoms with Gasteiger partial charge in [-0.15, -0.1) is 0 Å². The lowest BCUT2D eigenvalue weighted by Gasteiger charge is -2.18. The van der Waals surface area contributed by atoms with Crippen LogP contribution >= 0.6 is 0 Å². The van der Waals surface area contributed by atoms with Gasteiger partial charge in [-0.2, -0.15) is 9.61 Å². The van der Waals surface area contributed by atoms with E-state index < -0.39 is 12.1 Å². The zero-order valence-electron chi connectivity index (χ0n) is 22.2. The molecule has 3 heterocycles. The lowest BCUT2D eigenvalue weighted by atomic mass is 10.1. The molecule has 4 rings (SSSR count). The lowest BCUT2D eigenvalue weighted by Crippen LogP contribution is -2.48. The topological polar surface area (TPSA) is 181 Å². The van der Waals surface area contributed by atoms with E-state index in [1.807, 2.05) is 12.1 Å². The molecule has 0 saturated heterocycles. The molecule has 12 nitrogen and oxygen atoms in total. The van der Waals surface area contributed by atoms with Gasteiger partial charge < -0.3 is 26.6 Å². The highest BCUT2D eigenvalue weighted by Gasteiger charge is 2.19. The molecule has 0 saturated carbocycles. The summed E-state index contributed by atoms with van der Waals surface area (Å²) in [6.45, 7) is 2.01. The van der Waals surface area contributed by atoms with E-state index in [1.54, 1.807) is 79.8 Å². The van der Waals surface area contributed by atoms with E-state index in [2.05, 4.69) is 15.4 Å². The molecule has 1 atom stereocenters. The fourth-order valence-corrected chi connectivity index (χ4v) is 4.08. The Labute approximate surface area is 231 Å². The van der Waals surface area contributed by atoms with Gasteiger partial charge in [0.05, 0.1) is 30.5 Å². The van der Waals surface area contributed by atoms with Crippen LogP contribution in [0.4, 0.5) is 5.82 Å². The number of hydrogen-bond acceptors (Lipinski definition) is 9. The van der Waals surface area contributed by atoms with E-state index in [-0.39, 0.29) is 12.4 Å². The van der Waals surface area contributed by atoms with E-state index in [4.69, 9.17) is 26.6 Å². The number of aromatic hydroxyl groups is 1. The summed E-state index contributed by atoms with van der Waals surface area (Å²) in [6.07, 6.45) is 10.2. The number of anilines is 1. The second kappa shape index (κ2) is 12.7. The molecule has 0 aliphatic rings. The maximum absolute atomic E-state index is 12.6. The molecule has 0 aliphatic heterocycles. The first-order chi connectivity index (χ1) is 19.4. The Morgan fingerprint density at radius 2 is 1.95 bits per heavy atom. The Kier molecular flexibility index (Phi) is 8.84. The van der Waals surface area contributed by atoms with Crippen LogP contribution in [0.3, 0.4) is 0 Å². The van der Waals surface area contributed by atoms with Crippen molar-refractivity contribution in [3.8, 4) is 28.1 Å². The van der Waals surface area contributed by atoms with E-state index in [1.165, 1.54) is 4.90 Å². The summed E-state index contributed by atoms with van der Waals surface area (Å²) in [7, 11) is 1.57. The molecule has 12 heteroatoms. The number of phenolic OH excluding ortho intramolecular Hbond substituents is 1. The van der Waals surface area contributed by atoms with Crippen molar-refractivity contribution in [2.45, 2.75) is 26.1 Å². The van der Waals surface area contributed by atoms with Crippen molar-refractivity contribution < 1.29 is 14.6 Å². The van der Waals surface area contributed by atoms with Crippen LogP contribution in [-0.2, 0) is 22.6 Å². The second-order valence-electron chi connectivity index (χ2n) is 8.73. The Bertz CT molecular complexity index is 1540. The summed E-state index contributed by atoms with van der Waals surface area (Å²) in [6, 6.07) is 10.7. The number of fused-ring (bicyclic) bond motifs is 1. The molecule has 0 spiro atoms. The highest BCUT2D eigenvalue weighted by Crippen LogP contribution is 2.29. The minimum Gasteiger partial charge on any atom is -0.508 e. The van der Waals surface area contributed by atoms with Crippen LogP contribution in [0, 0.1) is 5.41 Å². The van der Waals surface area contributed by atoms with Gasteiger partial charge in [0, 0.05) is 54.4 Å². The van der Waals surface area contributed by atoms with E-state index in [9.17, 15) is 9.90 Å². The number of nitrogens with one attached hydrogen (secondary N) is 2. The van der Waals surface area contributed by atoms with Crippen molar-refractivity contribution in [2.75, 3.05) is 12.8 Å². The molecule has 0 radical (unpaired) electrons. The highest BCUT2D eigenvalue weighted by atomic mass is 16.5. The van der Waals surface area contributed by atoms with Gasteiger partial charge in [-0.25, -0.2) is 4.98 Å². The number of ether oxygens (including phenoxy) is 1. The standard InChI is InChI=1S/C28H31N9O3/c1-3-12-36(28(39)25(30)33-17-29)13-4-5-24-22(16-40-2)26(31)37-27(35-24)21(15-34-37)19-8-11-23(32-14-19)18-6-9-20(38)10-7-18/h3-4,6-15,17,25,38H,5,16,30-31H2,1-2H3,(H2,29,33)/b12-3-,13-4-. The first-order valence-corrected chi connectivity index (χ1v) is 12.4.